The maximum Gasteiger partial charge on any atom is 0.189 e. The van der Waals surface area contributed by atoms with Crippen LogP contribution < -0.4 is 14.2 Å². The van der Waals surface area contributed by atoms with Gasteiger partial charge in [-0.15, -0.1) is 0 Å². The first kappa shape index (κ1) is 20.1. The van der Waals surface area contributed by atoms with Gasteiger partial charge in [0.25, 0.3) is 0 Å². The van der Waals surface area contributed by atoms with Gasteiger partial charge < -0.3 is 19.3 Å². The topological polar surface area (TPSA) is 65.0 Å². The zero-order chi connectivity index (χ0) is 19.8. The molecule has 0 saturated carbocycles. The lowest BCUT2D eigenvalue weighted by Gasteiger charge is -2.08. The fraction of sp³-hybridized carbons (Fsp3) is 0.227. The largest absolute Gasteiger partial charge is 0.507 e. The highest BCUT2D eigenvalue weighted by molar-refractivity contribution is 6.08. The number of ether oxygens (including phenoxy) is 3. The summed E-state index contributed by atoms with van der Waals surface area (Å²) in [6.45, 7) is 4.37. The minimum atomic E-state index is -0.307. The van der Waals surface area contributed by atoms with Crippen LogP contribution in [0, 0.1) is 0 Å². The molecule has 0 unspecified atom stereocenters. The third-order valence-corrected chi connectivity index (χ3v) is 3.81. The van der Waals surface area contributed by atoms with E-state index in [2.05, 4.69) is 0 Å². The minimum absolute atomic E-state index is 0.119. The van der Waals surface area contributed by atoms with Crippen molar-refractivity contribution >= 4 is 11.9 Å². The Morgan fingerprint density at radius 2 is 1.78 bits per heavy atom. The standard InChI is InChI=1S/C22H24O5/c1-15(2)11-12-27-17-7-8-18(20(24)14-17)19(23)9-5-16-6-10-21(25-3)22(13-16)26-4/h5-11,13-14,24H,12H2,1-4H3. The third-order valence-electron chi connectivity index (χ3n) is 3.81. The van der Waals surface area contributed by atoms with Crippen molar-refractivity contribution in [2.24, 2.45) is 0 Å². The molecule has 0 aliphatic heterocycles. The normalized spacial score (nSPS) is 10.5. The molecule has 0 bridgehead atoms. The predicted molar refractivity (Wildman–Crippen MR) is 106 cm³/mol. The highest BCUT2D eigenvalue weighted by atomic mass is 16.5. The number of carbonyl (C=O) groups is 1. The number of aromatic hydroxyl groups is 1. The molecule has 0 amide bonds. The maximum absolute atomic E-state index is 12.4. The summed E-state index contributed by atoms with van der Waals surface area (Å²) in [5.74, 6) is 1.27. The molecule has 0 aliphatic rings. The summed E-state index contributed by atoms with van der Waals surface area (Å²) >= 11 is 0. The van der Waals surface area contributed by atoms with E-state index < -0.39 is 0 Å². The summed E-state index contributed by atoms with van der Waals surface area (Å²) in [5.41, 5.74) is 2.13. The summed E-state index contributed by atoms with van der Waals surface area (Å²) in [6.07, 6.45) is 4.99. The minimum Gasteiger partial charge on any atom is -0.507 e. The molecule has 0 aromatic heterocycles. The van der Waals surface area contributed by atoms with Crippen molar-refractivity contribution in [1.82, 2.24) is 0 Å². The first-order chi connectivity index (χ1) is 12.9. The number of rotatable bonds is 8. The zero-order valence-corrected chi connectivity index (χ0v) is 16.0. The van der Waals surface area contributed by atoms with E-state index in [1.54, 1.807) is 44.6 Å². The van der Waals surface area contributed by atoms with Gasteiger partial charge in [0.05, 0.1) is 19.8 Å². The van der Waals surface area contributed by atoms with Crippen LogP contribution in [0.2, 0.25) is 0 Å². The van der Waals surface area contributed by atoms with Crippen LogP contribution >= 0.6 is 0 Å². The number of ketones is 1. The molecule has 0 spiro atoms. The first-order valence-electron chi connectivity index (χ1n) is 8.48. The van der Waals surface area contributed by atoms with E-state index in [4.69, 9.17) is 14.2 Å². The second-order valence-electron chi connectivity index (χ2n) is 6.08. The lowest BCUT2D eigenvalue weighted by molar-refractivity contribution is 0.104. The van der Waals surface area contributed by atoms with Crippen molar-refractivity contribution in [3.8, 4) is 23.0 Å². The molecule has 0 atom stereocenters. The molecule has 142 valence electrons. The van der Waals surface area contributed by atoms with Crippen molar-refractivity contribution in [3.63, 3.8) is 0 Å². The number of benzene rings is 2. The average molecular weight is 368 g/mol. The summed E-state index contributed by atoms with van der Waals surface area (Å²) < 4.78 is 16.0. The second-order valence-corrected chi connectivity index (χ2v) is 6.08. The van der Waals surface area contributed by atoms with Crippen LogP contribution in [0.5, 0.6) is 23.0 Å². The summed E-state index contributed by atoms with van der Waals surface area (Å²) in [6, 6.07) is 9.99. The smallest absolute Gasteiger partial charge is 0.189 e. The SMILES string of the molecule is COc1ccc(C=CC(=O)c2ccc(OCC=C(C)C)cc2O)cc1OC. The van der Waals surface area contributed by atoms with Gasteiger partial charge in [0.15, 0.2) is 17.3 Å². The van der Waals surface area contributed by atoms with Crippen molar-refractivity contribution in [1.29, 1.82) is 0 Å². The number of carbonyl (C=O) groups excluding carboxylic acids is 1. The quantitative estimate of drug-likeness (QED) is 0.417. The fourth-order valence-corrected chi connectivity index (χ4v) is 2.33. The Bertz CT molecular complexity index is 861. The molecule has 2 aromatic carbocycles. The molecule has 2 aromatic rings. The highest BCUT2D eigenvalue weighted by Gasteiger charge is 2.10. The van der Waals surface area contributed by atoms with Crippen molar-refractivity contribution in [2.75, 3.05) is 20.8 Å². The van der Waals surface area contributed by atoms with Crippen LogP contribution in [0.1, 0.15) is 29.8 Å². The van der Waals surface area contributed by atoms with Crippen molar-refractivity contribution < 1.29 is 24.1 Å². The molecular formula is C22H24O5. The Morgan fingerprint density at radius 1 is 1.04 bits per heavy atom. The van der Waals surface area contributed by atoms with E-state index >= 15 is 0 Å². The number of hydrogen-bond acceptors (Lipinski definition) is 5. The Kier molecular flexibility index (Phi) is 7.06. The van der Waals surface area contributed by atoms with Gasteiger partial charge in [-0.25, -0.2) is 0 Å². The number of phenols is 1. The number of phenolic OH excluding ortho intramolecular Hbond substituents is 1. The van der Waals surface area contributed by atoms with Gasteiger partial charge in [0.2, 0.25) is 0 Å². The van der Waals surface area contributed by atoms with E-state index in [1.165, 1.54) is 12.1 Å². The Labute approximate surface area is 159 Å². The van der Waals surface area contributed by atoms with Crippen molar-refractivity contribution in [2.45, 2.75) is 13.8 Å². The van der Waals surface area contributed by atoms with E-state index in [1.807, 2.05) is 26.0 Å². The third kappa shape index (κ3) is 5.64. The fourth-order valence-electron chi connectivity index (χ4n) is 2.33. The molecule has 0 radical (unpaired) electrons. The van der Waals surface area contributed by atoms with Crippen LogP contribution in [0.25, 0.3) is 6.08 Å². The lowest BCUT2D eigenvalue weighted by Crippen LogP contribution is -1.98. The number of methoxy groups -OCH3 is 2. The van der Waals surface area contributed by atoms with E-state index in [-0.39, 0.29) is 17.1 Å². The van der Waals surface area contributed by atoms with Gasteiger partial charge >= 0.3 is 0 Å². The Hall–Kier alpha value is -3.21. The molecule has 5 heteroatoms. The van der Waals surface area contributed by atoms with Crippen LogP contribution in [-0.4, -0.2) is 31.7 Å². The zero-order valence-electron chi connectivity index (χ0n) is 16.0. The number of hydrogen-bond donors (Lipinski definition) is 1. The summed E-state index contributed by atoms with van der Waals surface area (Å²) in [7, 11) is 3.11. The Morgan fingerprint density at radius 3 is 2.41 bits per heavy atom. The predicted octanol–water partition coefficient (Wildman–Crippen LogP) is 4.65. The molecular weight excluding hydrogens is 344 g/mol. The van der Waals surface area contributed by atoms with Crippen molar-refractivity contribution in [3.05, 3.63) is 65.3 Å². The van der Waals surface area contributed by atoms with E-state index in [0.717, 1.165) is 11.1 Å². The summed E-state index contributed by atoms with van der Waals surface area (Å²) in [5, 5.41) is 10.1. The summed E-state index contributed by atoms with van der Waals surface area (Å²) in [4.78, 5) is 12.4. The molecule has 0 fully saturated rings. The molecule has 5 nitrogen and oxygen atoms in total. The molecule has 2 rings (SSSR count). The van der Waals surface area contributed by atoms with Crippen LogP contribution in [0.15, 0.2) is 54.1 Å². The first-order valence-corrected chi connectivity index (χ1v) is 8.48. The van der Waals surface area contributed by atoms with Crippen LogP contribution in [-0.2, 0) is 0 Å². The molecule has 27 heavy (non-hydrogen) atoms. The average Bonchev–Trinajstić information content (AvgIpc) is 2.65. The van der Waals surface area contributed by atoms with Gasteiger partial charge in [-0.2, -0.15) is 0 Å². The monoisotopic (exact) mass is 368 g/mol. The molecule has 1 N–H and O–H groups in total. The van der Waals surface area contributed by atoms with E-state index in [9.17, 15) is 9.90 Å². The van der Waals surface area contributed by atoms with Gasteiger partial charge in [-0.3, -0.25) is 4.79 Å². The van der Waals surface area contributed by atoms with Gasteiger partial charge in [0.1, 0.15) is 18.1 Å². The van der Waals surface area contributed by atoms with Crippen LogP contribution in [0.3, 0.4) is 0 Å². The highest BCUT2D eigenvalue weighted by Crippen LogP contribution is 2.28. The maximum atomic E-state index is 12.4. The second kappa shape index (κ2) is 9.48. The lowest BCUT2D eigenvalue weighted by atomic mass is 10.1. The van der Waals surface area contributed by atoms with E-state index in [0.29, 0.717) is 23.9 Å². The van der Waals surface area contributed by atoms with Gasteiger partial charge in [0, 0.05) is 6.07 Å². The molecule has 0 heterocycles. The van der Waals surface area contributed by atoms with Crippen LogP contribution in [0.4, 0.5) is 0 Å². The molecule has 0 saturated heterocycles. The Balaban J connectivity index is 2.11. The van der Waals surface area contributed by atoms with Gasteiger partial charge in [-0.1, -0.05) is 17.7 Å². The molecule has 0 aliphatic carbocycles. The number of allylic oxidation sites excluding steroid dienone is 2. The van der Waals surface area contributed by atoms with Gasteiger partial charge in [-0.05, 0) is 55.8 Å².